The van der Waals surface area contributed by atoms with E-state index in [0.29, 0.717) is 10.8 Å². The van der Waals surface area contributed by atoms with Crippen LogP contribution in [0.5, 0.6) is 0 Å². The molecule has 2 aromatic rings. The zero-order chi connectivity index (χ0) is 10.3. The number of hydrogen-bond donors (Lipinski definition) is 1. The van der Waals surface area contributed by atoms with Crippen molar-refractivity contribution in [3.8, 4) is 5.13 Å². The molecule has 2 rings (SSSR count). The Hall–Kier alpha value is -1.07. The molecule has 0 saturated carbocycles. The molecule has 0 atom stereocenters. The van der Waals surface area contributed by atoms with Crippen molar-refractivity contribution in [1.29, 1.82) is 0 Å². The Balaban J connectivity index is 2.49. The third kappa shape index (κ3) is 1.49. The SMILES string of the molecule is Cc1nc(-n2cc(Cl)c(N)n2)sc1C. The summed E-state index contributed by atoms with van der Waals surface area (Å²) in [5, 5.41) is 5.29. The molecule has 14 heavy (non-hydrogen) atoms. The Morgan fingerprint density at radius 1 is 1.50 bits per heavy atom. The Bertz CT molecular complexity index is 390. The molecule has 74 valence electrons. The zero-order valence-corrected chi connectivity index (χ0v) is 9.35. The molecule has 0 amide bonds. The number of halogens is 1. The summed E-state index contributed by atoms with van der Waals surface area (Å²) < 4.78 is 1.60. The molecule has 0 aliphatic rings. The van der Waals surface area contributed by atoms with E-state index < -0.39 is 0 Å². The molecule has 2 heterocycles. The van der Waals surface area contributed by atoms with Crippen LogP contribution in [0.2, 0.25) is 5.02 Å². The minimum atomic E-state index is 0.331. The fourth-order valence-electron chi connectivity index (χ4n) is 1.02. The van der Waals surface area contributed by atoms with Gasteiger partial charge in [0.25, 0.3) is 0 Å². The van der Waals surface area contributed by atoms with E-state index in [-0.39, 0.29) is 0 Å². The van der Waals surface area contributed by atoms with E-state index in [4.69, 9.17) is 17.3 Å². The van der Waals surface area contributed by atoms with Crippen molar-refractivity contribution in [3.05, 3.63) is 21.8 Å². The highest BCUT2D eigenvalue weighted by molar-refractivity contribution is 7.14. The fourth-order valence-corrected chi connectivity index (χ4v) is 1.99. The van der Waals surface area contributed by atoms with E-state index in [1.54, 1.807) is 22.2 Å². The van der Waals surface area contributed by atoms with Crippen LogP contribution in [0.1, 0.15) is 10.6 Å². The molecule has 0 unspecified atom stereocenters. The van der Waals surface area contributed by atoms with E-state index >= 15 is 0 Å². The second kappa shape index (κ2) is 3.25. The molecule has 4 nitrogen and oxygen atoms in total. The van der Waals surface area contributed by atoms with E-state index in [1.807, 2.05) is 13.8 Å². The molecular formula is C8H9ClN4S. The van der Waals surface area contributed by atoms with E-state index in [9.17, 15) is 0 Å². The molecule has 0 aliphatic carbocycles. The maximum atomic E-state index is 5.79. The van der Waals surface area contributed by atoms with Crippen LogP contribution in [0.4, 0.5) is 5.82 Å². The van der Waals surface area contributed by atoms with Gasteiger partial charge in [0.1, 0.15) is 5.02 Å². The first kappa shape index (κ1) is 9.48. The number of nitrogen functional groups attached to an aromatic ring is 1. The lowest BCUT2D eigenvalue weighted by atomic mass is 10.4. The first-order valence-corrected chi connectivity index (χ1v) is 5.22. The molecular weight excluding hydrogens is 220 g/mol. The van der Waals surface area contributed by atoms with Gasteiger partial charge in [-0.3, -0.25) is 0 Å². The van der Waals surface area contributed by atoms with Gasteiger partial charge in [0, 0.05) is 4.88 Å². The van der Waals surface area contributed by atoms with Gasteiger partial charge < -0.3 is 5.73 Å². The van der Waals surface area contributed by atoms with Crippen LogP contribution in [0.25, 0.3) is 5.13 Å². The van der Waals surface area contributed by atoms with Gasteiger partial charge in [-0.2, -0.15) is 0 Å². The number of thiazole rings is 1. The number of rotatable bonds is 1. The Morgan fingerprint density at radius 3 is 2.64 bits per heavy atom. The van der Waals surface area contributed by atoms with Crippen molar-refractivity contribution in [1.82, 2.24) is 14.8 Å². The maximum absolute atomic E-state index is 5.79. The highest BCUT2D eigenvalue weighted by Crippen LogP contribution is 2.23. The van der Waals surface area contributed by atoms with E-state index in [1.165, 1.54) is 4.88 Å². The quantitative estimate of drug-likeness (QED) is 0.814. The van der Waals surface area contributed by atoms with Crippen molar-refractivity contribution in [3.63, 3.8) is 0 Å². The van der Waals surface area contributed by atoms with Gasteiger partial charge >= 0.3 is 0 Å². The second-order valence-corrected chi connectivity index (χ2v) is 4.53. The topological polar surface area (TPSA) is 56.7 Å². The van der Waals surface area contributed by atoms with Gasteiger partial charge in [0.2, 0.25) is 5.13 Å². The minimum Gasteiger partial charge on any atom is -0.381 e. The molecule has 0 saturated heterocycles. The van der Waals surface area contributed by atoms with Crippen molar-refractivity contribution in [2.24, 2.45) is 0 Å². The Labute approximate surface area is 90.3 Å². The number of aromatic nitrogens is 3. The van der Waals surface area contributed by atoms with Crippen molar-refractivity contribution in [2.45, 2.75) is 13.8 Å². The van der Waals surface area contributed by atoms with Crippen LogP contribution in [-0.2, 0) is 0 Å². The van der Waals surface area contributed by atoms with Crippen LogP contribution in [0.3, 0.4) is 0 Å². The lowest BCUT2D eigenvalue weighted by Crippen LogP contribution is -1.95. The third-order valence-electron chi connectivity index (χ3n) is 1.91. The smallest absolute Gasteiger partial charge is 0.210 e. The van der Waals surface area contributed by atoms with Crippen LogP contribution >= 0.6 is 22.9 Å². The summed E-state index contributed by atoms with van der Waals surface area (Å²) in [7, 11) is 0. The van der Waals surface area contributed by atoms with Gasteiger partial charge in [-0.25, -0.2) is 9.67 Å². The van der Waals surface area contributed by atoms with Crippen molar-refractivity contribution in [2.75, 3.05) is 5.73 Å². The maximum Gasteiger partial charge on any atom is 0.210 e. The lowest BCUT2D eigenvalue weighted by molar-refractivity contribution is 0.870. The van der Waals surface area contributed by atoms with Gasteiger partial charge in [0.05, 0.1) is 11.9 Å². The molecule has 2 N–H and O–H groups in total. The lowest BCUT2D eigenvalue weighted by Gasteiger charge is -1.91. The zero-order valence-electron chi connectivity index (χ0n) is 7.78. The molecule has 2 aromatic heterocycles. The summed E-state index contributed by atoms with van der Waals surface area (Å²) in [6.45, 7) is 3.98. The molecule has 0 fully saturated rings. The van der Waals surface area contributed by atoms with Crippen LogP contribution in [0, 0.1) is 13.8 Å². The average Bonchev–Trinajstić information content (AvgIpc) is 2.60. The largest absolute Gasteiger partial charge is 0.381 e. The monoisotopic (exact) mass is 228 g/mol. The number of aryl methyl sites for hydroxylation is 2. The molecule has 6 heteroatoms. The minimum absolute atomic E-state index is 0.331. The highest BCUT2D eigenvalue weighted by atomic mass is 35.5. The Morgan fingerprint density at radius 2 is 2.21 bits per heavy atom. The van der Waals surface area contributed by atoms with Crippen LogP contribution < -0.4 is 5.73 Å². The third-order valence-corrected chi connectivity index (χ3v) is 3.26. The molecule has 0 spiro atoms. The number of nitrogens with two attached hydrogens (primary N) is 1. The van der Waals surface area contributed by atoms with Gasteiger partial charge in [-0.05, 0) is 13.8 Å². The number of nitrogens with zero attached hydrogens (tertiary/aromatic N) is 3. The Kier molecular flexibility index (Phi) is 2.20. The van der Waals surface area contributed by atoms with Crippen molar-refractivity contribution < 1.29 is 0 Å². The summed E-state index contributed by atoms with van der Waals surface area (Å²) in [4.78, 5) is 5.51. The first-order chi connectivity index (χ1) is 6.58. The standard InChI is InChI=1S/C8H9ClN4S/c1-4-5(2)14-8(11-4)13-3-6(9)7(10)12-13/h3H,1-2H3,(H2,10,12). The first-order valence-electron chi connectivity index (χ1n) is 4.03. The summed E-state index contributed by atoms with van der Waals surface area (Å²) in [5.41, 5.74) is 6.55. The summed E-state index contributed by atoms with van der Waals surface area (Å²) in [6.07, 6.45) is 1.66. The average molecular weight is 229 g/mol. The van der Waals surface area contributed by atoms with Crippen LogP contribution in [-0.4, -0.2) is 14.8 Å². The molecule has 0 bridgehead atoms. The van der Waals surface area contributed by atoms with Gasteiger partial charge in [-0.15, -0.1) is 5.10 Å². The summed E-state index contributed by atoms with van der Waals surface area (Å²) in [5.74, 6) is 0.331. The summed E-state index contributed by atoms with van der Waals surface area (Å²) in [6, 6.07) is 0. The highest BCUT2D eigenvalue weighted by Gasteiger charge is 2.09. The van der Waals surface area contributed by atoms with Crippen molar-refractivity contribution >= 4 is 28.8 Å². The second-order valence-electron chi connectivity index (χ2n) is 2.94. The predicted molar refractivity (Wildman–Crippen MR) is 58.1 cm³/mol. The van der Waals surface area contributed by atoms with Gasteiger partial charge in [0.15, 0.2) is 5.82 Å². The van der Waals surface area contributed by atoms with Gasteiger partial charge in [-0.1, -0.05) is 22.9 Å². The van der Waals surface area contributed by atoms with E-state index in [0.717, 1.165) is 10.8 Å². The normalized spacial score (nSPS) is 10.8. The van der Waals surface area contributed by atoms with Crippen LogP contribution in [0.15, 0.2) is 6.20 Å². The fraction of sp³-hybridized carbons (Fsp3) is 0.250. The molecule has 0 aromatic carbocycles. The summed E-state index contributed by atoms with van der Waals surface area (Å²) >= 11 is 7.36. The molecule has 0 radical (unpaired) electrons. The number of hydrogen-bond acceptors (Lipinski definition) is 4. The predicted octanol–water partition coefficient (Wildman–Crippen LogP) is 2.18. The van der Waals surface area contributed by atoms with E-state index in [2.05, 4.69) is 10.1 Å². The number of anilines is 1. The molecule has 0 aliphatic heterocycles.